The SMILES string of the molecule is CNCC(C)S(C)=O. The highest BCUT2D eigenvalue weighted by atomic mass is 32.2. The molecule has 0 aliphatic carbocycles. The van der Waals surface area contributed by atoms with Gasteiger partial charge in [0.25, 0.3) is 0 Å². The van der Waals surface area contributed by atoms with Crippen molar-refractivity contribution in [3.05, 3.63) is 0 Å². The van der Waals surface area contributed by atoms with Crippen LogP contribution in [0.3, 0.4) is 0 Å². The predicted octanol–water partition coefficient (Wildman–Crippen LogP) is -0.0272. The molecule has 3 heteroatoms. The van der Waals surface area contributed by atoms with Crippen LogP contribution in [0.5, 0.6) is 0 Å². The first-order valence-electron chi connectivity index (χ1n) is 2.65. The summed E-state index contributed by atoms with van der Waals surface area (Å²) in [5.41, 5.74) is 0. The summed E-state index contributed by atoms with van der Waals surface area (Å²) >= 11 is 0. The van der Waals surface area contributed by atoms with Gasteiger partial charge in [0.1, 0.15) is 0 Å². The van der Waals surface area contributed by atoms with Gasteiger partial charge in [0, 0.05) is 28.9 Å². The lowest BCUT2D eigenvalue weighted by Crippen LogP contribution is -2.24. The lowest BCUT2D eigenvalue weighted by Gasteiger charge is -2.04. The molecule has 0 heterocycles. The van der Waals surface area contributed by atoms with Gasteiger partial charge in [0.05, 0.1) is 0 Å². The number of hydrogen-bond donors (Lipinski definition) is 1. The van der Waals surface area contributed by atoms with Gasteiger partial charge in [-0.25, -0.2) is 0 Å². The minimum atomic E-state index is -0.673. The molecule has 0 aromatic rings. The third kappa shape index (κ3) is 3.16. The zero-order valence-electron chi connectivity index (χ0n) is 5.60. The van der Waals surface area contributed by atoms with Crippen LogP contribution in [-0.4, -0.2) is 29.3 Å². The molecule has 0 saturated carbocycles. The Morgan fingerprint density at radius 2 is 2.25 bits per heavy atom. The molecule has 0 radical (unpaired) electrons. The van der Waals surface area contributed by atoms with E-state index in [9.17, 15) is 4.21 Å². The van der Waals surface area contributed by atoms with Crippen molar-refractivity contribution in [1.29, 1.82) is 0 Å². The van der Waals surface area contributed by atoms with E-state index in [0.29, 0.717) is 0 Å². The molecule has 50 valence electrons. The second-order valence-electron chi connectivity index (χ2n) is 1.87. The van der Waals surface area contributed by atoms with E-state index in [4.69, 9.17) is 0 Å². The summed E-state index contributed by atoms with van der Waals surface area (Å²) < 4.78 is 10.6. The van der Waals surface area contributed by atoms with E-state index in [2.05, 4.69) is 5.32 Å². The minimum absolute atomic E-state index is 0.278. The van der Waals surface area contributed by atoms with E-state index >= 15 is 0 Å². The Bertz CT molecular complexity index is 84.5. The van der Waals surface area contributed by atoms with E-state index in [1.54, 1.807) is 6.26 Å². The third-order valence-electron chi connectivity index (χ3n) is 1.06. The molecule has 0 rings (SSSR count). The van der Waals surface area contributed by atoms with Crippen LogP contribution >= 0.6 is 0 Å². The quantitative estimate of drug-likeness (QED) is 0.589. The van der Waals surface area contributed by atoms with Crippen molar-refractivity contribution < 1.29 is 4.21 Å². The molecule has 1 N–H and O–H groups in total. The molecule has 0 aliphatic rings. The van der Waals surface area contributed by atoms with Gasteiger partial charge in [-0.15, -0.1) is 0 Å². The molecule has 0 fully saturated rings. The Hall–Kier alpha value is 0.110. The maximum Gasteiger partial charge on any atom is 0.0441 e. The fourth-order valence-electron chi connectivity index (χ4n) is 0.405. The molecule has 0 bridgehead atoms. The zero-order chi connectivity index (χ0) is 6.57. The molecular weight excluding hydrogens is 122 g/mol. The fraction of sp³-hybridized carbons (Fsp3) is 1.00. The van der Waals surface area contributed by atoms with Gasteiger partial charge in [0.2, 0.25) is 0 Å². The van der Waals surface area contributed by atoms with Crippen molar-refractivity contribution in [1.82, 2.24) is 5.32 Å². The Morgan fingerprint density at radius 1 is 1.75 bits per heavy atom. The zero-order valence-corrected chi connectivity index (χ0v) is 6.42. The van der Waals surface area contributed by atoms with Gasteiger partial charge in [-0.3, -0.25) is 4.21 Å². The summed E-state index contributed by atoms with van der Waals surface area (Å²) in [6, 6.07) is 0. The van der Waals surface area contributed by atoms with Crippen molar-refractivity contribution in [2.24, 2.45) is 0 Å². The summed E-state index contributed by atoms with van der Waals surface area (Å²) in [4.78, 5) is 0. The lowest BCUT2D eigenvalue weighted by atomic mass is 10.5. The average Bonchev–Trinajstić information content (AvgIpc) is 1.67. The first-order valence-corrected chi connectivity index (χ1v) is 4.27. The maximum absolute atomic E-state index is 10.6. The number of hydrogen-bond acceptors (Lipinski definition) is 2. The molecule has 0 saturated heterocycles. The van der Waals surface area contributed by atoms with E-state index in [-0.39, 0.29) is 5.25 Å². The lowest BCUT2D eigenvalue weighted by molar-refractivity contribution is 0.669. The van der Waals surface area contributed by atoms with E-state index in [1.165, 1.54) is 0 Å². The molecular formula is C5H13NOS. The van der Waals surface area contributed by atoms with Gasteiger partial charge in [-0.05, 0) is 14.0 Å². The summed E-state index contributed by atoms with van der Waals surface area (Å²) in [6.45, 7) is 2.80. The fourth-order valence-corrected chi connectivity index (χ4v) is 0.806. The second-order valence-corrected chi connectivity index (χ2v) is 3.67. The van der Waals surface area contributed by atoms with Crippen LogP contribution in [0.25, 0.3) is 0 Å². The molecule has 2 unspecified atom stereocenters. The highest BCUT2D eigenvalue weighted by Gasteiger charge is 2.01. The Kier molecular flexibility index (Phi) is 4.09. The van der Waals surface area contributed by atoms with Crippen molar-refractivity contribution in [2.45, 2.75) is 12.2 Å². The Morgan fingerprint density at radius 3 is 2.38 bits per heavy atom. The summed E-state index contributed by atoms with van der Waals surface area (Å²) in [6.07, 6.45) is 1.72. The molecule has 8 heavy (non-hydrogen) atoms. The highest BCUT2D eigenvalue weighted by Crippen LogP contribution is 1.87. The Balaban J connectivity index is 3.32. The molecule has 0 spiro atoms. The molecule has 2 atom stereocenters. The van der Waals surface area contributed by atoms with E-state index in [1.807, 2.05) is 14.0 Å². The monoisotopic (exact) mass is 135 g/mol. The third-order valence-corrected chi connectivity index (χ3v) is 2.36. The summed E-state index contributed by atoms with van der Waals surface area (Å²) in [5, 5.41) is 3.23. The Labute approximate surface area is 53.1 Å². The van der Waals surface area contributed by atoms with Crippen molar-refractivity contribution in [3.63, 3.8) is 0 Å². The molecule has 2 nitrogen and oxygen atoms in total. The van der Waals surface area contributed by atoms with E-state index < -0.39 is 10.8 Å². The van der Waals surface area contributed by atoms with Crippen LogP contribution in [0, 0.1) is 0 Å². The largest absolute Gasteiger partial charge is 0.319 e. The number of rotatable bonds is 3. The van der Waals surface area contributed by atoms with Crippen molar-refractivity contribution in [2.75, 3.05) is 19.8 Å². The van der Waals surface area contributed by atoms with Gasteiger partial charge in [-0.1, -0.05) is 0 Å². The maximum atomic E-state index is 10.6. The normalized spacial score (nSPS) is 17.9. The summed E-state index contributed by atoms with van der Waals surface area (Å²) in [7, 11) is 1.19. The first kappa shape index (κ1) is 8.11. The first-order chi connectivity index (χ1) is 3.68. The van der Waals surface area contributed by atoms with Crippen LogP contribution in [0.15, 0.2) is 0 Å². The second kappa shape index (κ2) is 4.04. The summed E-state index contributed by atoms with van der Waals surface area (Å²) in [5.74, 6) is 0. The smallest absolute Gasteiger partial charge is 0.0441 e. The molecule has 0 amide bonds. The minimum Gasteiger partial charge on any atom is -0.319 e. The van der Waals surface area contributed by atoms with Crippen LogP contribution in [-0.2, 0) is 10.8 Å². The number of nitrogens with one attached hydrogen (secondary N) is 1. The van der Waals surface area contributed by atoms with Crippen LogP contribution < -0.4 is 5.32 Å². The van der Waals surface area contributed by atoms with Gasteiger partial charge < -0.3 is 5.32 Å². The van der Waals surface area contributed by atoms with Crippen LogP contribution in [0.1, 0.15) is 6.92 Å². The molecule has 0 aliphatic heterocycles. The predicted molar refractivity (Wildman–Crippen MR) is 37.5 cm³/mol. The van der Waals surface area contributed by atoms with Gasteiger partial charge in [-0.2, -0.15) is 0 Å². The van der Waals surface area contributed by atoms with Gasteiger partial charge in [0.15, 0.2) is 0 Å². The standard InChI is InChI=1S/C5H13NOS/c1-5(4-6-2)8(3)7/h5-6H,4H2,1-3H3. The van der Waals surface area contributed by atoms with E-state index in [0.717, 1.165) is 6.54 Å². The van der Waals surface area contributed by atoms with Crippen LogP contribution in [0.2, 0.25) is 0 Å². The van der Waals surface area contributed by atoms with Crippen molar-refractivity contribution in [3.8, 4) is 0 Å². The highest BCUT2D eigenvalue weighted by molar-refractivity contribution is 7.84. The topological polar surface area (TPSA) is 29.1 Å². The van der Waals surface area contributed by atoms with Crippen LogP contribution in [0.4, 0.5) is 0 Å². The average molecular weight is 135 g/mol. The van der Waals surface area contributed by atoms with Gasteiger partial charge >= 0.3 is 0 Å². The molecule has 0 aromatic carbocycles. The van der Waals surface area contributed by atoms with Crippen molar-refractivity contribution >= 4 is 10.8 Å². The molecule has 0 aromatic heterocycles.